The Labute approximate surface area is 347 Å². The maximum absolute atomic E-state index is 6.50. The van der Waals surface area contributed by atoms with Crippen LogP contribution in [0.2, 0.25) is 0 Å². The van der Waals surface area contributed by atoms with Crippen molar-refractivity contribution in [2.75, 3.05) is 0 Å². The Bertz CT molecular complexity index is 3650. The number of fused-ring (bicyclic) bond motifs is 9. The molecular weight excluding hydrogens is 729 g/mol. The highest BCUT2D eigenvalue weighted by Gasteiger charge is 2.20. The molecular formula is C57H38N2O. The number of allylic oxidation sites excluding steroid dienone is 1. The van der Waals surface area contributed by atoms with E-state index in [9.17, 15) is 0 Å². The molecule has 0 fully saturated rings. The molecule has 9 aromatic carbocycles. The molecule has 3 heteroatoms. The number of rotatable bonds is 7. The Hall–Kier alpha value is -7.88. The van der Waals surface area contributed by atoms with Crippen molar-refractivity contribution in [1.29, 1.82) is 0 Å². The lowest BCUT2D eigenvalue weighted by atomic mass is 10.0. The Balaban J connectivity index is 1.00. The third-order valence-corrected chi connectivity index (χ3v) is 12.2. The van der Waals surface area contributed by atoms with Crippen LogP contribution >= 0.6 is 0 Å². The lowest BCUT2D eigenvalue weighted by molar-refractivity contribution is 0.669. The van der Waals surface area contributed by atoms with E-state index < -0.39 is 0 Å². The standard InChI is InChI=1S/C57H38N2O/c1-2-13-37-14-10-17-39(32-37)40-18-11-19-44(33-40)58-50-22-8-6-20-45(50)47-34-42(26-29-52(47)58)43-27-30-53-48(35-43)46-21-7-9-23-51(46)59(53)54-24-12-25-56-57(54)49-36-41(28-31-55(49)60-56)38-15-4-3-5-16-38/h2-12,14-36H,1,13H2. The fourth-order valence-electron chi connectivity index (χ4n) is 9.52. The zero-order valence-electron chi connectivity index (χ0n) is 32.8. The van der Waals surface area contributed by atoms with Crippen molar-refractivity contribution in [3.63, 3.8) is 0 Å². The van der Waals surface area contributed by atoms with Crippen LogP contribution in [0.3, 0.4) is 0 Å². The van der Waals surface area contributed by atoms with E-state index in [1.54, 1.807) is 0 Å². The van der Waals surface area contributed by atoms with Gasteiger partial charge in [-0.05, 0) is 118 Å². The van der Waals surface area contributed by atoms with Gasteiger partial charge in [0, 0.05) is 32.6 Å². The zero-order valence-corrected chi connectivity index (χ0v) is 32.8. The molecule has 0 amide bonds. The Kier molecular flexibility index (Phi) is 7.76. The molecule has 3 aromatic heterocycles. The molecule has 0 aliphatic rings. The van der Waals surface area contributed by atoms with E-state index >= 15 is 0 Å². The van der Waals surface area contributed by atoms with Gasteiger partial charge in [0.05, 0.1) is 33.1 Å². The second kappa shape index (κ2) is 13.6. The first kappa shape index (κ1) is 34.2. The molecule has 0 N–H and O–H groups in total. The minimum Gasteiger partial charge on any atom is -0.456 e. The van der Waals surface area contributed by atoms with E-state index in [1.807, 2.05) is 6.08 Å². The van der Waals surface area contributed by atoms with Crippen molar-refractivity contribution in [1.82, 2.24) is 9.13 Å². The monoisotopic (exact) mass is 766 g/mol. The summed E-state index contributed by atoms with van der Waals surface area (Å²) in [5.74, 6) is 0. The minimum absolute atomic E-state index is 0.854. The van der Waals surface area contributed by atoms with Crippen molar-refractivity contribution in [2.24, 2.45) is 0 Å². The highest BCUT2D eigenvalue weighted by Crippen LogP contribution is 2.42. The topological polar surface area (TPSA) is 23.0 Å². The molecule has 0 aliphatic carbocycles. The van der Waals surface area contributed by atoms with Crippen molar-refractivity contribution in [3.05, 3.63) is 218 Å². The van der Waals surface area contributed by atoms with Gasteiger partial charge in [-0.3, -0.25) is 0 Å². The summed E-state index contributed by atoms with van der Waals surface area (Å²) in [6.45, 7) is 3.95. The molecule has 0 unspecified atom stereocenters. The number of para-hydroxylation sites is 2. The smallest absolute Gasteiger partial charge is 0.137 e. The van der Waals surface area contributed by atoms with E-state index in [0.29, 0.717) is 0 Å². The first-order valence-corrected chi connectivity index (χ1v) is 20.6. The number of aromatic nitrogens is 2. The summed E-state index contributed by atoms with van der Waals surface area (Å²) in [4.78, 5) is 0. The maximum atomic E-state index is 6.50. The molecule has 3 heterocycles. The van der Waals surface area contributed by atoms with Crippen LogP contribution in [0.15, 0.2) is 217 Å². The summed E-state index contributed by atoms with van der Waals surface area (Å²) >= 11 is 0. The van der Waals surface area contributed by atoms with Crippen molar-refractivity contribution in [2.45, 2.75) is 6.42 Å². The predicted molar refractivity (Wildman–Crippen MR) is 253 cm³/mol. The Morgan fingerprint density at radius 1 is 0.383 bits per heavy atom. The molecule has 0 spiro atoms. The largest absolute Gasteiger partial charge is 0.456 e. The van der Waals surface area contributed by atoms with Crippen LogP contribution in [0.25, 0.3) is 110 Å². The fraction of sp³-hybridized carbons (Fsp3) is 0.0175. The van der Waals surface area contributed by atoms with Gasteiger partial charge in [-0.25, -0.2) is 0 Å². The van der Waals surface area contributed by atoms with E-state index in [-0.39, 0.29) is 0 Å². The van der Waals surface area contributed by atoms with Crippen molar-refractivity contribution in [3.8, 4) is 44.8 Å². The molecule has 12 rings (SSSR count). The van der Waals surface area contributed by atoms with Crippen LogP contribution in [-0.2, 0) is 6.42 Å². The highest BCUT2D eigenvalue weighted by molar-refractivity contribution is 6.16. The summed E-state index contributed by atoms with van der Waals surface area (Å²) in [7, 11) is 0. The molecule has 0 bridgehead atoms. The van der Waals surface area contributed by atoms with Crippen LogP contribution < -0.4 is 0 Å². The molecule has 0 saturated heterocycles. The van der Waals surface area contributed by atoms with E-state index in [4.69, 9.17) is 4.42 Å². The SMILES string of the molecule is C=CCc1cccc(-c2cccc(-n3c4ccccc4c4cc(-c5ccc6c(c5)c5ccccc5n6-c5cccc6oc7ccc(-c8ccccc8)cc7c56)ccc43)c2)c1. The van der Waals surface area contributed by atoms with Crippen LogP contribution in [0.4, 0.5) is 0 Å². The van der Waals surface area contributed by atoms with Crippen LogP contribution in [0.5, 0.6) is 0 Å². The number of hydrogen-bond donors (Lipinski definition) is 0. The van der Waals surface area contributed by atoms with Gasteiger partial charge in [-0.2, -0.15) is 0 Å². The van der Waals surface area contributed by atoms with Crippen molar-refractivity contribution < 1.29 is 4.42 Å². The van der Waals surface area contributed by atoms with Crippen LogP contribution in [0.1, 0.15) is 5.56 Å². The lowest BCUT2D eigenvalue weighted by Gasteiger charge is -2.12. The summed E-state index contributed by atoms with van der Waals surface area (Å²) in [6, 6.07) is 72.6. The van der Waals surface area contributed by atoms with Gasteiger partial charge < -0.3 is 13.6 Å². The molecule has 282 valence electrons. The van der Waals surface area contributed by atoms with Gasteiger partial charge in [0.25, 0.3) is 0 Å². The summed E-state index contributed by atoms with van der Waals surface area (Å²) in [5, 5.41) is 7.14. The summed E-state index contributed by atoms with van der Waals surface area (Å²) in [5.41, 5.74) is 17.1. The fourth-order valence-corrected chi connectivity index (χ4v) is 9.52. The molecule has 0 aliphatic heterocycles. The quantitative estimate of drug-likeness (QED) is 0.148. The third-order valence-electron chi connectivity index (χ3n) is 12.2. The average molecular weight is 767 g/mol. The number of furan rings is 1. The zero-order chi connectivity index (χ0) is 39.7. The number of nitrogens with zero attached hydrogens (tertiary/aromatic N) is 2. The third kappa shape index (κ3) is 5.37. The van der Waals surface area contributed by atoms with Crippen LogP contribution in [-0.4, -0.2) is 9.13 Å². The van der Waals surface area contributed by atoms with Gasteiger partial charge in [0.1, 0.15) is 11.2 Å². The van der Waals surface area contributed by atoms with Gasteiger partial charge >= 0.3 is 0 Å². The first-order chi connectivity index (χ1) is 29.7. The van der Waals surface area contributed by atoms with Gasteiger partial charge in [-0.15, -0.1) is 6.58 Å². The molecule has 0 saturated carbocycles. The molecule has 12 aromatic rings. The molecule has 0 radical (unpaired) electrons. The van der Waals surface area contributed by atoms with Gasteiger partial charge in [-0.1, -0.05) is 133 Å². The van der Waals surface area contributed by atoms with E-state index in [0.717, 1.165) is 45.3 Å². The average Bonchev–Trinajstić information content (AvgIpc) is 3.96. The Morgan fingerprint density at radius 3 is 1.68 bits per heavy atom. The second-order valence-electron chi connectivity index (χ2n) is 15.7. The Morgan fingerprint density at radius 2 is 0.933 bits per heavy atom. The van der Waals surface area contributed by atoms with Gasteiger partial charge in [0.2, 0.25) is 0 Å². The molecule has 3 nitrogen and oxygen atoms in total. The van der Waals surface area contributed by atoms with Gasteiger partial charge in [0.15, 0.2) is 0 Å². The summed E-state index contributed by atoms with van der Waals surface area (Å²) < 4.78 is 11.3. The maximum Gasteiger partial charge on any atom is 0.137 e. The normalized spacial score (nSPS) is 11.8. The second-order valence-corrected chi connectivity index (χ2v) is 15.7. The van der Waals surface area contributed by atoms with Crippen LogP contribution in [0, 0.1) is 0 Å². The number of benzene rings is 9. The first-order valence-electron chi connectivity index (χ1n) is 20.6. The lowest BCUT2D eigenvalue weighted by Crippen LogP contribution is -1.95. The van der Waals surface area contributed by atoms with E-state index in [1.165, 1.54) is 77.0 Å². The predicted octanol–water partition coefficient (Wildman–Crippen LogP) is 15.5. The van der Waals surface area contributed by atoms with Crippen molar-refractivity contribution >= 4 is 65.6 Å². The highest BCUT2D eigenvalue weighted by atomic mass is 16.3. The van der Waals surface area contributed by atoms with E-state index in [2.05, 4.69) is 216 Å². The minimum atomic E-state index is 0.854. The summed E-state index contributed by atoms with van der Waals surface area (Å²) in [6.07, 6.45) is 2.82. The molecule has 0 atom stereocenters. The molecule has 60 heavy (non-hydrogen) atoms. The number of hydrogen-bond acceptors (Lipinski definition) is 1.